The smallest absolute Gasteiger partial charge is 0.484 e. The van der Waals surface area contributed by atoms with E-state index in [0.29, 0.717) is 11.7 Å². The standard InChI is InChI=1S/C20H30BNO4/c1-15-9-11-22(12-10-15)18(23)14-24-17-8-6-7-16(13-17)21-25-19(2,3)20(4,5)26-21/h6-8,13,15H,9-12,14H2,1-5H3. The molecule has 0 bridgehead atoms. The van der Waals surface area contributed by atoms with Gasteiger partial charge in [-0.2, -0.15) is 0 Å². The van der Waals surface area contributed by atoms with E-state index >= 15 is 0 Å². The zero-order valence-electron chi connectivity index (χ0n) is 16.6. The zero-order chi connectivity index (χ0) is 18.9. The summed E-state index contributed by atoms with van der Waals surface area (Å²) in [6.07, 6.45) is 2.15. The molecule has 2 aliphatic heterocycles. The fraction of sp³-hybridized carbons (Fsp3) is 0.650. The Bertz CT molecular complexity index is 637. The molecule has 5 nitrogen and oxygen atoms in total. The van der Waals surface area contributed by atoms with Crippen LogP contribution in [-0.2, 0) is 14.1 Å². The van der Waals surface area contributed by atoms with Gasteiger partial charge in [0.1, 0.15) is 5.75 Å². The number of hydrogen-bond donors (Lipinski definition) is 0. The number of likely N-dealkylation sites (tertiary alicyclic amines) is 1. The van der Waals surface area contributed by atoms with Crippen LogP contribution in [0.5, 0.6) is 5.75 Å². The first-order chi connectivity index (χ1) is 12.2. The SMILES string of the molecule is CC1CCN(C(=O)COc2cccc(B3OC(C)(C)C(C)(C)O3)c2)CC1. The molecule has 1 aromatic rings. The minimum absolute atomic E-state index is 0.0536. The second-order valence-electron chi connectivity index (χ2n) is 8.51. The summed E-state index contributed by atoms with van der Waals surface area (Å²) in [5.74, 6) is 1.42. The Morgan fingerprint density at radius 2 is 1.81 bits per heavy atom. The molecular weight excluding hydrogens is 329 g/mol. The molecule has 0 saturated carbocycles. The highest BCUT2D eigenvalue weighted by molar-refractivity contribution is 6.62. The van der Waals surface area contributed by atoms with Crippen molar-refractivity contribution < 1.29 is 18.8 Å². The van der Waals surface area contributed by atoms with Crippen molar-refractivity contribution in [2.45, 2.75) is 58.7 Å². The fourth-order valence-corrected chi connectivity index (χ4v) is 3.22. The summed E-state index contributed by atoms with van der Waals surface area (Å²) in [5, 5.41) is 0. The van der Waals surface area contributed by atoms with Gasteiger partial charge >= 0.3 is 7.12 Å². The third kappa shape index (κ3) is 4.07. The van der Waals surface area contributed by atoms with Crippen LogP contribution in [0.3, 0.4) is 0 Å². The molecule has 0 unspecified atom stereocenters. The van der Waals surface area contributed by atoms with Crippen LogP contribution in [0.25, 0.3) is 0 Å². The average Bonchev–Trinajstić information content (AvgIpc) is 2.81. The van der Waals surface area contributed by atoms with Gasteiger partial charge in [-0.1, -0.05) is 19.1 Å². The van der Waals surface area contributed by atoms with Gasteiger partial charge in [0.2, 0.25) is 0 Å². The number of hydrogen-bond acceptors (Lipinski definition) is 4. The third-order valence-corrected chi connectivity index (χ3v) is 5.88. The minimum atomic E-state index is -0.428. The summed E-state index contributed by atoms with van der Waals surface area (Å²) in [6.45, 7) is 12.1. The largest absolute Gasteiger partial charge is 0.494 e. The summed E-state index contributed by atoms with van der Waals surface area (Å²) in [4.78, 5) is 14.2. The average molecular weight is 359 g/mol. The zero-order valence-corrected chi connectivity index (χ0v) is 16.6. The van der Waals surface area contributed by atoms with Crippen LogP contribution < -0.4 is 10.2 Å². The molecule has 2 aliphatic rings. The fourth-order valence-electron chi connectivity index (χ4n) is 3.22. The highest BCUT2D eigenvalue weighted by atomic mass is 16.7. The van der Waals surface area contributed by atoms with E-state index in [2.05, 4.69) is 6.92 Å². The molecule has 0 radical (unpaired) electrons. The Balaban J connectivity index is 1.59. The first-order valence-electron chi connectivity index (χ1n) is 9.54. The van der Waals surface area contributed by atoms with Crippen LogP contribution in [0, 0.1) is 5.92 Å². The summed E-state index contributed by atoms with van der Waals surface area (Å²) in [6, 6.07) is 7.62. The molecule has 6 heteroatoms. The Morgan fingerprint density at radius 1 is 1.19 bits per heavy atom. The van der Waals surface area contributed by atoms with Crippen LogP contribution in [0.2, 0.25) is 0 Å². The molecule has 0 aromatic heterocycles. The van der Waals surface area contributed by atoms with Crippen LogP contribution in [0.1, 0.15) is 47.5 Å². The lowest BCUT2D eigenvalue weighted by atomic mass is 9.79. The maximum Gasteiger partial charge on any atom is 0.494 e. The molecule has 0 spiro atoms. The van der Waals surface area contributed by atoms with Gasteiger partial charge in [-0.15, -0.1) is 0 Å². The molecule has 0 aliphatic carbocycles. The van der Waals surface area contributed by atoms with E-state index in [1.165, 1.54) is 0 Å². The topological polar surface area (TPSA) is 48.0 Å². The van der Waals surface area contributed by atoms with Gasteiger partial charge in [-0.05, 0) is 64.1 Å². The number of nitrogens with zero attached hydrogens (tertiary/aromatic N) is 1. The van der Waals surface area contributed by atoms with Crippen molar-refractivity contribution >= 4 is 18.5 Å². The molecular formula is C20H30BNO4. The van der Waals surface area contributed by atoms with Crippen molar-refractivity contribution in [3.8, 4) is 5.75 Å². The van der Waals surface area contributed by atoms with Crippen LogP contribution >= 0.6 is 0 Å². The van der Waals surface area contributed by atoms with Crippen molar-refractivity contribution in [1.82, 2.24) is 4.90 Å². The van der Waals surface area contributed by atoms with Crippen LogP contribution in [0.15, 0.2) is 24.3 Å². The molecule has 3 rings (SSSR count). The number of carbonyl (C=O) groups is 1. The highest BCUT2D eigenvalue weighted by Gasteiger charge is 2.51. The second-order valence-corrected chi connectivity index (χ2v) is 8.51. The van der Waals surface area contributed by atoms with E-state index in [1.54, 1.807) is 0 Å². The number of carbonyl (C=O) groups excluding carboxylic acids is 1. The Morgan fingerprint density at radius 3 is 2.42 bits per heavy atom. The monoisotopic (exact) mass is 359 g/mol. The van der Waals surface area contributed by atoms with Gasteiger partial charge in [-0.3, -0.25) is 4.79 Å². The quantitative estimate of drug-likeness (QED) is 0.776. The summed E-state index contributed by atoms with van der Waals surface area (Å²) < 4.78 is 17.9. The van der Waals surface area contributed by atoms with Gasteiger partial charge < -0.3 is 18.9 Å². The van der Waals surface area contributed by atoms with E-state index in [9.17, 15) is 4.79 Å². The van der Waals surface area contributed by atoms with E-state index in [0.717, 1.165) is 31.4 Å². The predicted octanol–water partition coefficient (Wildman–Crippen LogP) is 2.62. The van der Waals surface area contributed by atoms with Gasteiger partial charge in [-0.25, -0.2) is 0 Å². The lowest BCUT2D eigenvalue weighted by Gasteiger charge is -2.32. The third-order valence-electron chi connectivity index (χ3n) is 5.88. The molecule has 2 heterocycles. The molecule has 0 atom stereocenters. The molecule has 1 aromatic carbocycles. The summed E-state index contributed by atoms with van der Waals surface area (Å²) >= 11 is 0. The number of rotatable bonds is 4. The predicted molar refractivity (Wildman–Crippen MR) is 103 cm³/mol. The number of ether oxygens (including phenoxy) is 1. The summed E-state index contributed by atoms with van der Waals surface area (Å²) in [7, 11) is -0.428. The van der Waals surface area contributed by atoms with Gasteiger partial charge in [0.15, 0.2) is 6.61 Å². The van der Waals surface area contributed by atoms with Crippen molar-refractivity contribution in [2.75, 3.05) is 19.7 Å². The first-order valence-corrected chi connectivity index (χ1v) is 9.54. The van der Waals surface area contributed by atoms with Crippen molar-refractivity contribution in [3.63, 3.8) is 0 Å². The lowest BCUT2D eigenvalue weighted by molar-refractivity contribution is -0.134. The van der Waals surface area contributed by atoms with Gasteiger partial charge in [0.05, 0.1) is 11.2 Å². The first kappa shape index (κ1) is 19.2. The number of amides is 1. The molecule has 0 N–H and O–H groups in total. The van der Waals surface area contributed by atoms with E-state index in [4.69, 9.17) is 14.0 Å². The normalized spacial score (nSPS) is 22.5. The van der Waals surface area contributed by atoms with E-state index in [-0.39, 0.29) is 23.7 Å². The Kier molecular flexibility index (Phi) is 5.36. The molecule has 1 amide bonds. The maximum atomic E-state index is 12.3. The van der Waals surface area contributed by atoms with Crippen molar-refractivity contribution in [3.05, 3.63) is 24.3 Å². The number of piperidine rings is 1. The van der Waals surface area contributed by atoms with Crippen molar-refractivity contribution in [1.29, 1.82) is 0 Å². The lowest BCUT2D eigenvalue weighted by Crippen LogP contribution is -2.41. The Labute approximate surface area is 157 Å². The van der Waals surface area contributed by atoms with Crippen LogP contribution in [0.4, 0.5) is 0 Å². The maximum absolute atomic E-state index is 12.3. The Hall–Kier alpha value is -1.53. The van der Waals surface area contributed by atoms with Crippen LogP contribution in [-0.4, -0.2) is 48.8 Å². The molecule has 26 heavy (non-hydrogen) atoms. The summed E-state index contributed by atoms with van der Waals surface area (Å²) in [5.41, 5.74) is 0.145. The molecule has 142 valence electrons. The van der Waals surface area contributed by atoms with E-state index < -0.39 is 7.12 Å². The second kappa shape index (κ2) is 7.24. The molecule has 2 fully saturated rings. The van der Waals surface area contributed by atoms with Gasteiger partial charge in [0, 0.05) is 13.1 Å². The minimum Gasteiger partial charge on any atom is -0.484 e. The van der Waals surface area contributed by atoms with Gasteiger partial charge in [0.25, 0.3) is 5.91 Å². The highest BCUT2D eigenvalue weighted by Crippen LogP contribution is 2.36. The number of benzene rings is 1. The van der Waals surface area contributed by atoms with E-state index in [1.807, 2.05) is 56.9 Å². The van der Waals surface area contributed by atoms with Crippen molar-refractivity contribution in [2.24, 2.45) is 5.92 Å². The molecule has 2 saturated heterocycles.